The van der Waals surface area contributed by atoms with Crippen LogP contribution in [0.4, 0.5) is 0 Å². The van der Waals surface area contributed by atoms with Gasteiger partial charge in [-0.1, -0.05) is 0 Å². The Kier molecular flexibility index (Phi) is 3.55. The molecule has 1 aromatic heterocycles. The molecule has 9 heteroatoms. The molecule has 7 nitrogen and oxygen atoms in total. The summed E-state index contributed by atoms with van der Waals surface area (Å²) in [6.07, 6.45) is 3.47. The highest BCUT2D eigenvalue weighted by atomic mass is 35.5. The van der Waals surface area contributed by atoms with Crippen molar-refractivity contribution in [3.63, 3.8) is 0 Å². The Balaban J connectivity index is 0.00000121. The minimum Gasteiger partial charge on any atom is -0.244 e. The number of aromatic nitrogens is 2. The molecule has 0 N–H and O–H groups in total. The monoisotopic (exact) mass is 209 g/mol. The van der Waals surface area contributed by atoms with Crippen molar-refractivity contribution in [3.8, 4) is 0 Å². The molecule has 1 rings (SSSR count). The summed E-state index contributed by atoms with van der Waals surface area (Å²) in [5.41, 5.74) is 7.85. The van der Waals surface area contributed by atoms with Crippen LogP contribution in [0.1, 0.15) is 0 Å². The Morgan fingerprint density at radius 1 is 1.58 bits per heavy atom. The normalized spacial score (nSPS) is 9.67. The Hall–Kier alpha value is -1.24. The molecular weight excluding hydrogens is 206 g/mol. The average molecular weight is 210 g/mol. The Labute approximate surface area is 74.3 Å². The van der Waals surface area contributed by atoms with Crippen molar-refractivity contribution in [1.82, 2.24) is 8.96 Å². The first-order valence-electron chi connectivity index (χ1n) is 2.46. The molecule has 1 aromatic rings. The second kappa shape index (κ2) is 3.96. The summed E-state index contributed by atoms with van der Waals surface area (Å²) in [4.78, 5) is 5.62. The van der Waals surface area contributed by atoms with E-state index in [0.717, 1.165) is 6.33 Å². The molecule has 0 aliphatic carbocycles. The van der Waals surface area contributed by atoms with Crippen molar-refractivity contribution in [3.05, 3.63) is 29.2 Å². The van der Waals surface area contributed by atoms with Gasteiger partial charge in [0.2, 0.25) is 0 Å². The van der Waals surface area contributed by atoms with E-state index < -0.39 is 10.2 Å². The molecule has 0 unspecified atom stereocenters. The summed E-state index contributed by atoms with van der Waals surface area (Å²) in [6, 6.07) is 0. The van der Waals surface area contributed by atoms with Gasteiger partial charge in [-0.25, -0.2) is 8.96 Å². The van der Waals surface area contributed by atoms with Gasteiger partial charge >= 0.3 is 10.2 Å². The van der Waals surface area contributed by atoms with E-state index in [4.69, 9.17) is 5.53 Å². The van der Waals surface area contributed by atoms with Gasteiger partial charge in [0.1, 0.15) is 6.33 Å². The summed E-state index contributed by atoms with van der Waals surface area (Å²) >= 11 is 0. The molecule has 0 saturated carbocycles. The van der Waals surface area contributed by atoms with E-state index in [1.54, 1.807) is 0 Å². The van der Waals surface area contributed by atoms with Crippen molar-refractivity contribution in [2.75, 3.05) is 0 Å². The second-order valence-electron chi connectivity index (χ2n) is 1.54. The van der Waals surface area contributed by atoms with Gasteiger partial charge in [-0.05, 0) is 5.53 Å². The maximum absolute atomic E-state index is 10.8. The number of nitrogens with zero attached hydrogens (tertiary/aromatic N) is 5. The standard InChI is InChI=1S/C3H3N5O2S.ClH/c4-6-7-11(9,10)8-2-1-5-3-8;/h1-3H;1H. The Morgan fingerprint density at radius 2 is 2.25 bits per heavy atom. The second-order valence-corrected chi connectivity index (χ2v) is 3.02. The maximum Gasteiger partial charge on any atom is 0.329 e. The van der Waals surface area contributed by atoms with Crippen LogP contribution in [0.5, 0.6) is 0 Å². The number of imidazole rings is 1. The molecule has 0 aliphatic rings. The topological polar surface area (TPSA) is 101 Å². The number of rotatable bonds is 2. The van der Waals surface area contributed by atoms with Crippen LogP contribution < -0.4 is 0 Å². The van der Waals surface area contributed by atoms with E-state index >= 15 is 0 Å². The van der Waals surface area contributed by atoms with Gasteiger partial charge in [-0.2, -0.15) is 8.42 Å². The lowest BCUT2D eigenvalue weighted by molar-refractivity contribution is 0.588. The molecule has 0 saturated heterocycles. The molecule has 0 aromatic carbocycles. The lowest BCUT2D eigenvalue weighted by Crippen LogP contribution is -2.05. The van der Waals surface area contributed by atoms with Gasteiger partial charge in [0.25, 0.3) is 0 Å². The predicted molar refractivity (Wildman–Crippen MR) is 42.9 cm³/mol. The fraction of sp³-hybridized carbons (Fsp3) is 0. The van der Waals surface area contributed by atoms with E-state index in [-0.39, 0.29) is 12.4 Å². The van der Waals surface area contributed by atoms with E-state index in [2.05, 4.69) is 14.4 Å². The SMILES string of the molecule is Cl.[N-]=[N+]=NS(=O)(=O)n1ccnc1. The van der Waals surface area contributed by atoms with Crippen LogP contribution >= 0.6 is 12.4 Å². The highest BCUT2D eigenvalue weighted by molar-refractivity contribution is 7.88. The molecule has 0 atom stereocenters. The highest BCUT2D eigenvalue weighted by Gasteiger charge is 2.07. The molecular formula is C3H4ClN5O2S. The molecule has 0 aliphatic heterocycles. The zero-order valence-electron chi connectivity index (χ0n) is 5.60. The number of halogens is 1. The summed E-state index contributed by atoms with van der Waals surface area (Å²) in [7, 11) is -3.90. The van der Waals surface area contributed by atoms with Gasteiger partial charge in [0, 0.05) is 17.3 Å². The number of azide groups is 1. The van der Waals surface area contributed by atoms with Crippen LogP contribution in [0.25, 0.3) is 10.4 Å². The molecule has 0 amide bonds. The Morgan fingerprint density at radius 3 is 2.67 bits per heavy atom. The Bertz CT molecular complexity index is 377. The van der Waals surface area contributed by atoms with Gasteiger partial charge in [0.05, 0.1) is 4.52 Å². The summed E-state index contributed by atoms with van der Waals surface area (Å²) in [5, 5.41) is 0. The summed E-state index contributed by atoms with van der Waals surface area (Å²) in [6.45, 7) is 0. The van der Waals surface area contributed by atoms with Gasteiger partial charge in [0.15, 0.2) is 0 Å². The smallest absolute Gasteiger partial charge is 0.244 e. The lowest BCUT2D eigenvalue weighted by Gasteiger charge is -1.92. The molecule has 0 fully saturated rings. The van der Waals surface area contributed by atoms with Crippen molar-refractivity contribution < 1.29 is 8.42 Å². The van der Waals surface area contributed by atoms with E-state index in [1.807, 2.05) is 0 Å². The molecule has 0 radical (unpaired) electrons. The molecule has 0 bridgehead atoms. The van der Waals surface area contributed by atoms with Crippen molar-refractivity contribution >= 4 is 22.6 Å². The van der Waals surface area contributed by atoms with Crippen LogP contribution in [0.2, 0.25) is 0 Å². The third-order valence-corrected chi connectivity index (χ3v) is 1.91. The minimum atomic E-state index is -3.90. The summed E-state index contributed by atoms with van der Waals surface area (Å²) < 4.78 is 24.9. The third kappa shape index (κ3) is 2.12. The van der Waals surface area contributed by atoms with Crippen LogP contribution in [0, 0.1) is 0 Å². The van der Waals surface area contributed by atoms with Crippen LogP contribution in [-0.4, -0.2) is 17.4 Å². The van der Waals surface area contributed by atoms with Crippen molar-refractivity contribution in [2.45, 2.75) is 0 Å². The van der Waals surface area contributed by atoms with E-state index in [0.29, 0.717) is 3.97 Å². The predicted octanol–water partition coefficient (Wildman–Crippen LogP) is 0.708. The first-order chi connectivity index (χ1) is 5.17. The first kappa shape index (κ1) is 10.8. The zero-order valence-corrected chi connectivity index (χ0v) is 7.23. The number of hydrogen-bond donors (Lipinski definition) is 0. The van der Waals surface area contributed by atoms with Crippen molar-refractivity contribution in [1.29, 1.82) is 0 Å². The largest absolute Gasteiger partial charge is 0.329 e. The van der Waals surface area contributed by atoms with Gasteiger partial charge in [-0.3, -0.25) is 0 Å². The quantitative estimate of drug-likeness (QED) is 0.407. The van der Waals surface area contributed by atoms with Crippen LogP contribution in [0.3, 0.4) is 0 Å². The molecule has 12 heavy (non-hydrogen) atoms. The van der Waals surface area contributed by atoms with Gasteiger partial charge in [-0.15, -0.1) is 12.4 Å². The van der Waals surface area contributed by atoms with Crippen molar-refractivity contribution in [2.24, 2.45) is 4.52 Å². The lowest BCUT2D eigenvalue weighted by atomic mass is 11.0. The fourth-order valence-corrected chi connectivity index (χ4v) is 1.03. The van der Waals surface area contributed by atoms with E-state index in [9.17, 15) is 8.42 Å². The highest BCUT2D eigenvalue weighted by Crippen LogP contribution is 1.97. The summed E-state index contributed by atoms with van der Waals surface area (Å²) in [5.74, 6) is 0. The molecule has 1 heterocycles. The van der Waals surface area contributed by atoms with Gasteiger partial charge < -0.3 is 0 Å². The fourth-order valence-electron chi connectivity index (χ4n) is 0.472. The average Bonchev–Trinajstić information content (AvgIpc) is 2.37. The van der Waals surface area contributed by atoms with Crippen LogP contribution in [-0.2, 0) is 10.2 Å². The van der Waals surface area contributed by atoms with E-state index in [1.165, 1.54) is 12.4 Å². The number of hydrogen-bond acceptors (Lipinski definition) is 3. The molecule has 0 spiro atoms. The zero-order chi connectivity index (χ0) is 8.32. The minimum absolute atomic E-state index is 0. The maximum atomic E-state index is 10.8. The van der Waals surface area contributed by atoms with Crippen LogP contribution in [0.15, 0.2) is 23.2 Å². The third-order valence-electron chi connectivity index (χ3n) is 0.886. The molecule has 66 valence electrons. The first-order valence-corrected chi connectivity index (χ1v) is 3.86.